The Bertz CT molecular complexity index is 407. The molecule has 0 saturated carbocycles. The number of pyridine rings is 1. The van der Waals surface area contributed by atoms with E-state index in [9.17, 15) is 18.0 Å². The van der Waals surface area contributed by atoms with Gasteiger partial charge in [0.2, 0.25) is 0 Å². The Morgan fingerprint density at radius 3 is 2.72 bits per heavy atom. The normalized spacial score (nSPS) is 11.3. The standard InChI is InChI=1S/C11H14F3N3O/c12-11(13,14)4-1-2-5-17-10(18)8-3-6-16-7-9(8)15/h3,6-7H,1-2,4-5,15H2,(H,17,18). The molecule has 3 N–H and O–H groups in total. The number of nitrogen functional groups attached to an aromatic ring is 1. The molecule has 4 nitrogen and oxygen atoms in total. The van der Waals surface area contributed by atoms with E-state index in [2.05, 4.69) is 10.3 Å². The minimum atomic E-state index is -4.14. The van der Waals surface area contributed by atoms with Crippen molar-refractivity contribution in [2.24, 2.45) is 0 Å². The second kappa shape index (κ2) is 6.23. The highest BCUT2D eigenvalue weighted by atomic mass is 19.4. The first-order valence-corrected chi connectivity index (χ1v) is 5.44. The van der Waals surface area contributed by atoms with Crippen molar-refractivity contribution in [3.05, 3.63) is 24.0 Å². The number of aromatic nitrogens is 1. The molecule has 0 aliphatic carbocycles. The highest BCUT2D eigenvalue weighted by Gasteiger charge is 2.25. The number of anilines is 1. The van der Waals surface area contributed by atoms with Crippen LogP contribution in [0.1, 0.15) is 29.6 Å². The van der Waals surface area contributed by atoms with Crippen LogP contribution in [0.25, 0.3) is 0 Å². The maximum absolute atomic E-state index is 11.8. The summed E-state index contributed by atoms with van der Waals surface area (Å²) in [5.74, 6) is -0.401. The minimum Gasteiger partial charge on any atom is -0.397 e. The number of unbranched alkanes of at least 4 members (excludes halogenated alkanes) is 1. The van der Waals surface area contributed by atoms with Crippen molar-refractivity contribution in [1.82, 2.24) is 10.3 Å². The second-order valence-corrected chi connectivity index (χ2v) is 3.79. The van der Waals surface area contributed by atoms with E-state index in [4.69, 9.17) is 5.73 Å². The van der Waals surface area contributed by atoms with E-state index in [1.54, 1.807) is 0 Å². The maximum Gasteiger partial charge on any atom is 0.389 e. The summed E-state index contributed by atoms with van der Waals surface area (Å²) >= 11 is 0. The van der Waals surface area contributed by atoms with Crippen LogP contribution in [0.4, 0.5) is 18.9 Å². The van der Waals surface area contributed by atoms with Crippen molar-refractivity contribution in [2.75, 3.05) is 12.3 Å². The van der Waals surface area contributed by atoms with Crippen molar-refractivity contribution in [3.8, 4) is 0 Å². The van der Waals surface area contributed by atoms with Gasteiger partial charge in [0.1, 0.15) is 0 Å². The third-order valence-corrected chi connectivity index (χ3v) is 2.27. The van der Waals surface area contributed by atoms with Gasteiger partial charge in [0.15, 0.2) is 0 Å². The highest BCUT2D eigenvalue weighted by molar-refractivity contribution is 5.98. The molecule has 0 unspecified atom stereocenters. The molecule has 1 aromatic heterocycles. The smallest absolute Gasteiger partial charge is 0.389 e. The monoisotopic (exact) mass is 261 g/mol. The lowest BCUT2D eigenvalue weighted by Crippen LogP contribution is -2.25. The van der Waals surface area contributed by atoms with Crippen LogP contribution in [0.3, 0.4) is 0 Å². The molecule has 100 valence electrons. The van der Waals surface area contributed by atoms with Crippen LogP contribution >= 0.6 is 0 Å². The van der Waals surface area contributed by atoms with Crippen LogP contribution in [0, 0.1) is 0 Å². The van der Waals surface area contributed by atoms with E-state index in [0.717, 1.165) is 0 Å². The van der Waals surface area contributed by atoms with Gasteiger partial charge < -0.3 is 11.1 Å². The molecule has 0 aromatic carbocycles. The zero-order valence-electron chi connectivity index (χ0n) is 9.63. The third-order valence-electron chi connectivity index (χ3n) is 2.27. The minimum absolute atomic E-state index is 0.00436. The highest BCUT2D eigenvalue weighted by Crippen LogP contribution is 2.21. The zero-order chi connectivity index (χ0) is 13.6. The van der Waals surface area contributed by atoms with Gasteiger partial charge in [0, 0.05) is 19.2 Å². The molecule has 0 spiro atoms. The fourth-order valence-electron chi connectivity index (χ4n) is 1.36. The lowest BCUT2D eigenvalue weighted by Gasteiger charge is -2.08. The Balaban J connectivity index is 2.28. The number of halogens is 3. The molecule has 7 heteroatoms. The fraction of sp³-hybridized carbons (Fsp3) is 0.455. The molecular formula is C11H14F3N3O. The Morgan fingerprint density at radius 2 is 2.11 bits per heavy atom. The summed E-state index contributed by atoms with van der Waals surface area (Å²) in [7, 11) is 0. The molecule has 1 rings (SSSR count). The molecule has 0 bridgehead atoms. The third kappa shape index (κ3) is 5.03. The Morgan fingerprint density at radius 1 is 1.39 bits per heavy atom. The van der Waals surface area contributed by atoms with Crippen LogP contribution < -0.4 is 11.1 Å². The molecule has 18 heavy (non-hydrogen) atoms. The number of hydrogen-bond acceptors (Lipinski definition) is 3. The van der Waals surface area contributed by atoms with Crippen LogP contribution in [-0.4, -0.2) is 23.6 Å². The zero-order valence-corrected chi connectivity index (χ0v) is 9.63. The molecule has 0 aliphatic heterocycles. The van der Waals surface area contributed by atoms with Gasteiger partial charge in [-0.2, -0.15) is 13.2 Å². The average Bonchev–Trinajstić information content (AvgIpc) is 2.27. The van der Waals surface area contributed by atoms with Gasteiger partial charge in [0.05, 0.1) is 17.4 Å². The quantitative estimate of drug-likeness (QED) is 0.798. The second-order valence-electron chi connectivity index (χ2n) is 3.79. The largest absolute Gasteiger partial charge is 0.397 e. The molecule has 1 heterocycles. The van der Waals surface area contributed by atoms with Crippen molar-refractivity contribution < 1.29 is 18.0 Å². The number of nitrogens with one attached hydrogen (secondary N) is 1. The van der Waals surface area contributed by atoms with E-state index in [-0.39, 0.29) is 30.6 Å². The Hall–Kier alpha value is -1.79. The number of rotatable bonds is 5. The summed E-state index contributed by atoms with van der Waals surface area (Å²) in [4.78, 5) is 15.3. The van der Waals surface area contributed by atoms with Gasteiger partial charge in [-0.3, -0.25) is 9.78 Å². The lowest BCUT2D eigenvalue weighted by atomic mass is 10.2. The van der Waals surface area contributed by atoms with Gasteiger partial charge in [-0.05, 0) is 18.9 Å². The lowest BCUT2D eigenvalue weighted by molar-refractivity contribution is -0.135. The summed E-state index contributed by atoms with van der Waals surface area (Å²) in [5.41, 5.74) is 6.06. The first-order valence-electron chi connectivity index (χ1n) is 5.44. The van der Waals surface area contributed by atoms with Gasteiger partial charge in [-0.15, -0.1) is 0 Å². The van der Waals surface area contributed by atoms with Crippen LogP contribution in [0.5, 0.6) is 0 Å². The van der Waals surface area contributed by atoms with E-state index >= 15 is 0 Å². The molecular weight excluding hydrogens is 247 g/mol. The number of amides is 1. The number of carbonyl (C=O) groups is 1. The SMILES string of the molecule is Nc1cnccc1C(=O)NCCCCC(F)(F)F. The Labute approximate surface area is 102 Å². The number of alkyl halides is 3. The van der Waals surface area contributed by atoms with Crippen LogP contribution in [0.15, 0.2) is 18.5 Å². The van der Waals surface area contributed by atoms with Gasteiger partial charge in [-0.25, -0.2) is 0 Å². The van der Waals surface area contributed by atoms with Gasteiger partial charge in [-0.1, -0.05) is 0 Å². The van der Waals surface area contributed by atoms with Crippen molar-refractivity contribution in [3.63, 3.8) is 0 Å². The summed E-state index contributed by atoms with van der Waals surface area (Å²) in [6.07, 6.45) is -1.93. The Kier molecular flexibility index (Phi) is 4.94. The maximum atomic E-state index is 11.8. The summed E-state index contributed by atoms with van der Waals surface area (Å²) < 4.78 is 35.5. The summed E-state index contributed by atoms with van der Waals surface area (Å²) in [6.45, 7) is 0.191. The fourth-order valence-corrected chi connectivity index (χ4v) is 1.36. The van der Waals surface area contributed by atoms with E-state index in [1.165, 1.54) is 18.5 Å². The number of nitrogens with zero attached hydrogens (tertiary/aromatic N) is 1. The predicted molar refractivity (Wildman–Crippen MR) is 60.9 cm³/mol. The molecule has 0 fully saturated rings. The molecule has 1 amide bonds. The topological polar surface area (TPSA) is 68.0 Å². The molecule has 0 saturated heterocycles. The summed E-state index contributed by atoms with van der Waals surface area (Å²) in [6, 6.07) is 1.46. The first kappa shape index (κ1) is 14.3. The summed E-state index contributed by atoms with van der Waals surface area (Å²) in [5, 5.41) is 2.51. The number of hydrogen-bond donors (Lipinski definition) is 2. The average molecular weight is 261 g/mol. The van der Waals surface area contributed by atoms with E-state index in [0.29, 0.717) is 0 Å². The van der Waals surface area contributed by atoms with Crippen molar-refractivity contribution >= 4 is 11.6 Å². The van der Waals surface area contributed by atoms with Gasteiger partial charge >= 0.3 is 6.18 Å². The van der Waals surface area contributed by atoms with Crippen molar-refractivity contribution in [1.29, 1.82) is 0 Å². The molecule has 1 aromatic rings. The van der Waals surface area contributed by atoms with Crippen LogP contribution in [0.2, 0.25) is 0 Å². The number of carbonyl (C=O) groups excluding carboxylic acids is 1. The van der Waals surface area contributed by atoms with Crippen LogP contribution in [-0.2, 0) is 0 Å². The molecule has 0 atom stereocenters. The van der Waals surface area contributed by atoms with E-state index < -0.39 is 18.5 Å². The first-order chi connectivity index (χ1) is 8.40. The van der Waals surface area contributed by atoms with E-state index in [1.807, 2.05) is 0 Å². The predicted octanol–water partition coefficient (Wildman–Crippen LogP) is 2.13. The molecule has 0 aliphatic rings. The van der Waals surface area contributed by atoms with Gasteiger partial charge in [0.25, 0.3) is 5.91 Å². The van der Waals surface area contributed by atoms with Crippen molar-refractivity contribution in [2.45, 2.75) is 25.4 Å². The number of nitrogens with two attached hydrogens (primary N) is 1. The molecule has 0 radical (unpaired) electrons.